The molecule has 0 unspecified atom stereocenters. The Kier molecular flexibility index (Phi) is 7.57. The lowest BCUT2D eigenvalue weighted by atomic mass is 9.98. The molecule has 1 N–H and O–H groups in total. The second-order valence-electron chi connectivity index (χ2n) is 7.75. The predicted octanol–water partition coefficient (Wildman–Crippen LogP) is 5.29. The van der Waals surface area contributed by atoms with Gasteiger partial charge in [0.1, 0.15) is 10.8 Å². The highest BCUT2D eigenvalue weighted by molar-refractivity contribution is 7.09. The zero-order chi connectivity index (χ0) is 23.3. The Balaban J connectivity index is 1.92. The molecule has 0 radical (unpaired) electrons. The number of aromatic nitrogens is 2. The normalized spacial score (nSPS) is 11.0. The maximum atomic E-state index is 11.0. The number of benzene rings is 2. The minimum absolute atomic E-state index is 0.0104. The van der Waals surface area contributed by atoms with E-state index < -0.39 is 5.97 Å². The second kappa shape index (κ2) is 10.4. The van der Waals surface area contributed by atoms with Gasteiger partial charge in [-0.05, 0) is 62.1 Å². The number of carboxylic acid groups (broad SMARTS) is 1. The molecule has 0 atom stereocenters. The molecular weight excluding hydrogens is 424 g/mol. The van der Waals surface area contributed by atoms with Crippen LogP contribution in [0.5, 0.6) is 5.75 Å². The van der Waals surface area contributed by atoms with Crippen LogP contribution in [0.25, 0.3) is 26.8 Å². The summed E-state index contributed by atoms with van der Waals surface area (Å²) in [6, 6.07) is 11.5. The first kappa shape index (κ1) is 23.4. The van der Waals surface area contributed by atoms with Crippen LogP contribution in [-0.4, -0.2) is 45.0 Å². The highest BCUT2D eigenvalue weighted by Crippen LogP contribution is 2.35. The van der Waals surface area contributed by atoms with Crippen molar-refractivity contribution in [1.29, 1.82) is 0 Å². The third kappa shape index (κ3) is 5.49. The Labute approximate surface area is 192 Å². The van der Waals surface area contributed by atoms with Crippen LogP contribution in [0.15, 0.2) is 36.4 Å². The lowest BCUT2D eigenvalue weighted by Gasteiger charge is -2.18. The topological polar surface area (TPSA) is 79.9 Å². The molecule has 0 aliphatic carbocycles. The highest BCUT2D eigenvalue weighted by atomic mass is 32.1. The number of likely N-dealkylation sites (N-methyl/N-ethyl adjacent to an activating group) is 1. The molecule has 32 heavy (non-hydrogen) atoms. The number of hydrogen-bond donors (Lipinski definition) is 1. The first-order chi connectivity index (χ1) is 15.3. The summed E-state index contributed by atoms with van der Waals surface area (Å²) in [6.45, 7) is 13.9. The van der Waals surface area contributed by atoms with Crippen molar-refractivity contribution in [1.82, 2.24) is 14.3 Å². The van der Waals surface area contributed by atoms with E-state index in [9.17, 15) is 4.79 Å². The van der Waals surface area contributed by atoms with Gasteiger partial charge in [0, 0.05) is 17.7 Å². The standard InChI is InChI=1S/C24H26N4O3S/c1-6-18-17(13-28(5)14-22(29)30)8-7-9-19(18)23-26-24(32-27-23)16-10-11-21(31-15(2)3)20(12-16)25-4/h7-12,15H,6,13-14H2,1-3,5H3,(H,29,30). The van der Waals surface area contributed by atoms with E-state index >= 15 is 0 Å². The first-order valence-electron chi connectivity index (χ1n) is 10.4. The van der Waals surface area contributed by atoms with Gasteiger partial charge in [-0.3, -0.25) is 9.69 Å². The molecule has 0 bridgehead atoms. The average molecular weight is 451 g/mol. The summed E-state index contributed by atoms with van der Waals surface area (Å²) in [5, 5.41) is 9.78. The SMILES string of the molecule is [C-]#[N+]c1cc(-c2nc(-c3cccc(CN(C)CC(=O)O)c3CC)ns2)ccc1OC(C)C. The summed E-state index contributed by atoms with van der Waals surface area (Å²) < 4.78 is 10.3. The Morgan fingerprint density at radius 1 is 1.31 bits per heavy atom. The maximum absolute atomic E-state index is 11.0. The monoisotopic (exact) mass is 450 g/mol. The lowest BCUT2D eigenvalue weighted by molar-refractivity contribution is -0.138. The van der Waals surface area contributed by atoms with Gasteiger partial charge in [0.2, 0.25) is 5.69 Å². The number of carbonyl (C=O) groups is 1. The van der Waals surface area contributed by atoms with Crippen molar-refractivity contribution < 1.29 is 14.6 Å². The minimum Gasteiger partial charge on any atom is -0.502 e. The third-order valence-electron chi connectivity index (χ3n) is 4.83. The van der Waals surface area contributed by atoms with E-state index in [1.807, 2.05) is 38.1 Å². The van der Waals surface area contributed by atoms with Crippen molar-refractivity contribution in [3.8, 4) is 27.7 Å². The minimum atomic E-state index is -0.851. The van der Waals surface area contributed by atoms with Crippen LogP contribution >= 0.6 is 11.5 Å². The van der Waals surface area contributed by atoms with E-state index in [4.69, 9.17) is 21.4 Å². The van der Waals surface area contributed by atoms with Crippen molar-refractivity contribution >= 4 is 23.2 Å². The van der Waals surface area contributed by atoms with Crippen molar-refractivity contribution in [3.63, 3.8) is 0 Å². The highest BCUT2D eigenvalue weighted by Gasteiger charge is 2.17. The van der Waals surface area contributed by atoms with Crippen LogP contribution in [0.3, 0.4) is 0 Å². The van der Waals surface area contributed by atoms with Gasteiger partial charge >= 0.3 is 5.97 Å². The summed E-state index contributed by atoms with van der Waals surface area (Å²) in [5.41, 5.74) is 4.39. The molecule has 1 heterocycles. The van der Waals surface area contributed by atoms with Crippen LogP contribution < -0.4 is 4.74 Å². The molecule has 3 rings (SSSR count). The van der Waals surface area contributed by atoms with E-state index in [0.29, 0.717) is 23.8 Å². The number of nitrogens with zero attached hydrogens (tertiary/aromatic N) is 4. The lowest BCUT2D eigenvalue weighted by Crippen LogP contribution is -2.25. The van der Waals surface area contributed by atoms with Crippen LogP contribution in [0, 0.1) is 6.57 Å². The van der Waals surface area contributed by atoms with Gasteiger partial charge < -0.3 is 9.84 Å². The van der Waals surface area contributed by atoms with E-state index in [1.165, 1.54) is 11.5 Å². The molecule has 166 valence electrons. The van der Waals surface area contributed by atoms with Gasteiger partial charge in [0.15, 0.2) is 5.82 Å². The largest absolute Gasteiger partial charge is 0.502 e. The van der Waals surface area contributed by atoms with Gasteiger partial charge in [-0.25, -0.2) is 9.83 Å². The molecule has 0 fully saturated rings. The smallest absolute Gasteiger partial charge is 0.317 e. The second-order valence-corrected chi connectivity index (χ2v) is 8.50. The molecule has 8 heteroatoms. The quantitative estimate of drug-likeness (QED) is 0.446. The molecule has 3 aromatic rings. The van der Waals surface area contributed by atoms with Crippen molar-refractivity contribution in [2.75, 3.05) is 13.6 Å². The summed E-state index contributed by atoms with van der Waals surface area (Å²) in [6.07, 6.45) is 0.771. The molecule has 0 aliphatic rings. The molecular formula is C24H26N4O3S. The predicted molar refractivity (Wildman–Crippen MR) is 126 cm³/mol. The Hall–Kier alpha value is -3.28. The van der Waals surface area contributed by atoms with Crippen LogP contribution in [0.2, 0.25) is 0 Å². The molecule has 1 aromatic heterocycles. The van der Waals surface area contributed by atoms with Crippen LogP contribution in [0.1, 0.15) is 31.9 Å². The fraction of sp³-hybridized carbons (Fsp3) is 0.333. The van der Waals surface area contributed by atoms with Crippen molar-refractivity contribution in [2.24, 2.45) is 0 Å². The molecule has 7 nitrogen and oxygen atoms in total. The number of hydrogen-bond acceptors (Lipinski definition) is 6. The zero-order valence-corrected chi connectivity index (χ0v) is 19.4. The van der Waals surface area contributed by atoms with Gasteiger partial charge in [0.05, 0.1) is 19.2 Å². The molecule has 2 aromatic carbocycles. The molecule has 0 aliphatic heterocycles. The van der Waals surface area contributed by atoms with E-state index in [0.717, 1.165) is 33.7 Å². The van der Waals surface area contributed by atoms with E-state index in [-0.39, 0.29) is 12.6 Å². The number of rotatable bonds is 9. The number of aliphatic carboxylic acids is 1. The van der Waals surface area contributed by atoms with E-state index in [2.05, 4.69) is 16.1 Å². The van der Waals surface area contributed by atoms with Gasteiger partial charge in [-0.1, -0.05) is 31.2 Å². The Morgan fingerprint density at radius 3 is 2.75 bits per heavy atom. The number of carboxylic acids is 1. The summed E-state index contributed by atoms with van der Waals surface area (Å²) in [4.78, 5) is 21.1. The molecule has 0 amide bonds. The van der Waals surface area contributed by atoms with Gasteiger partial charge in [0.25, 0.3) is 0 Å². The molecule has 0 saturated carbocycles. The third-order valence-corrected chi connectivity index (χ3v) is 5.59. The maximum Gasteiger partial charge on any atom is 0.317 e. The Morgan fingerprint density at radius 2 is 2.09 bits per heavy atom. The first-order valence-corrected chi connectivity index (χ1v) is 11.1. The van der Waals surface area contributed by atoms with Gasteiger partial charge in [-0.15, -0.1) is 0 Å². The zero-order valence-electron chi connectivity index (χ0n) is 18.6. The van der Waals surface area contributed by atoms with E-state index in [1.54, 1.807) is 24.1 Å². The molecule has 0 spiro atoms. The fourth-order valence-electron chi connectivity index (χ4n) is 3.53. The summed E-state index contributed by atoms with van der Waals surface area (Å²) >= 11 is 1.29. The number of ether oxygens (including phenoxy) is 1. The molecule has 0 saturated heterocycles. The summed E-state index contributed by atoms with van der Waals surface area (Å²) in [7, 11) is 1.79. The van der Waals surface area contributed by atoms with Crippen molar-refractivity contribution in [2.45, 2.75) is 39.8 Å². The van der Waals surface area contributed by atoms with Crippen LogP contribution in [-0.2, 0) is 17.8 Å². The Bertz CT molecular complexity index is 1150. The fourth-order valence-corrected chi connectivity index (χ4v) is 4.20. The van der Waals surface area contributed by atoms with Gasteiger partial charge in [-0.2, -0.15) is 4.37 Å². The van der Waals surface area contributed by atoms with Crippen LogP contribution in [0.4, 0.5) is 5.69 Å². The summed E-state index contributed by atoms with van der Waals surface area (Å²) in [5.74, 6) is 0.350. The van der Waals surface area contributed by atoms with Crippen molar-refractivity contribution in [3.05, 3.63) is 58.9 Å². The average Bonchev–Trinajstić information content (AvgIpc) is 3.23.